The normalized spacial score (nSPS) is 10.9. The molecule has 0 bridgehead atoms. The minimum Gasteiger partial charge on any atom is -0.303 e. The Morgan fingerprint density at radius 2 is 2.14 bits per heavy atom. The van der Waals surface area contributed by atoms with Crippen molar-refractivity contribution in [1.29, 1.82) is 0 Å². The van der Waals surface area contributed by atoms with Crippen molar-refractivity contribution in [3.8, 4) is 0 Å². The van der Waals surface area contributed by atoms with E-state index in [2.05, 4.69) is 31.4 Å². The molecule has 9 nitrogen and oxygen atoms in total. The number of nitro groups is 1. The number of carbonyl (C=O) groups is 1. The molecule has 3 rings (SSSR count). The minimum absolute atomic E-state index is 0.144. The molecule has 0 aliphatic rings. The molecule has 0 unspecified atom stereocenters. The highest BCUT2D eigenvalue weighted by Crippen LogP contribution is 2.26. The Morgan fingerprint density at radius 3 is 2.79 bits per heavy atom. The van der Waals surface area contributed by atoms with Gasteiger partial charge in [0.15, 0.2) is 5.82 Å². The highest BCUT2D eigenvalue weighted by atomic mass is 79.9. The minimum atomic E-state index is -0.679. The highest BCUT2D eigenvalue weighted by Gasteiger charge is 2.27. The Kier molecular flexibility index (Phi) is 6.01. The van der Waals surface area contributed by atoms with E-state index in [9.17, 15) is 14.9 Å². The van der Waals surface area contributed by atoms with E-state index >= 15 is 0 Å². The number of carbonyl (C=O) groups excluding carboxylic acids is 1. The topological polar surface area (TPSA) is 108 Å². The van der Waals surface area contributed by atoms with Crippen molar-refractivity contribution in [1.82, 2.24) is 19.6 Å². The highest BCUT2D eigenvalue weighted by molar-refractivity contribution is 9.10. The molecule has 3 aromatic rings. The Balaban J connectivity index is 1.83. The van der Waals surface area contributed by atoms with Gasteiger partial charge in [-0.3, -0.25) is 24.3 Å². The van der Waals surface area contributed by atoms with Gasteiger partial charge in [0.05, 0.1) is 15.9 Å². The van der Waals surface area contributed by atoms with Crippen LogP contribution in [-0.4, -0.2) is 30.4 Å². The van der Waals surface area contributed by atoms with Crippen molar-refractivity contribution in [2.75, 3.05) is 5.32 Å². The number of rotatable bonds is 6. The number of hydrogen-bond donors (Lipinski definition) is 1. The molecule has 146 valence electrons. The summed E-state index contributed by atoms with van der Waals surface area (Å²) in [4.78, 5) is 23.1. The zero-order valence-corrected chi connectivity index (χ0v) is 17.5. The second kappa shape index (κ2) is 8.29. The second-order valence-electron chi connectivity index (χ2n) is 5.66. The van der Waals surface area contributed by atoms with Crippen molar-refractivity contribution < 1.29 is 9.72 Å². The van der Waals surface area contributed by atoms with E-state index in [4.69, 9.17) is 23.2 Å². The van der Waals surface area contributed by atoms with Gasteiger partial charge in [-0.25, -0.2) is 0 Å². The maximum atomic E-state index is 12.6. The Bertz CT molecular complexity index is 1060. The molecule has 0 saturated carbocycles. The molecule has 2 aromatic heterocycles. The lowest BCUT2D eigenvalue weighted by atomic mass is 10.2. The number of aromatic nitrogens is 4. The average Bonchev–Trinajstić information content (AvgIpc) is 3.21. The Morgan fingerprint density at radius 1 is 1.39 bits per heavy atom. The van der Waals surface area contributed by atoms with Gasteiger partial charge < -0.3 is 5.32 Å². The first-order valence-electron chi connectivity index (χ1n) is 7.98. The monoisotopic (exact) mass is 486 g/mol. The molecule has 0 saturated heterocycles. The summed E-state index contributed by atoms with van der Waals surface area (Å²) in [6.07, 6.45) is 2.71. The standard InChI is InChI=1S/C16H13BrCl2N6O3/c1-2-24-14(13(6-20-24)25(27)28)16(26)21-15-11(17)8-23(22-15)7-9-3-4-10(18)5-12(9)19/h3-6,8H,2,7H2,1H3,(H,21,22,26). The van der Waals surface area contributed by atoms with Gasteiger partial charge in [0, 0.05) is 22.8 Å². The van der Waals surface area contributed by atoms with Crippen LogP contribution in [-0.2, 0) is 13.1 Å². The summed E-state index contributed by atoms with van der Waals surface area (Å²) in [7, 11) is 0. The quantitative estimate of drug-likeness (QED) is 0.410. The van der Waals surface area contributed by atoms with Crippen molar-refractivity contribution in [3.63, 3.8) is 0 Å². The molecule has 2 heterocycles. The van der Waals surface area contributed by atoms with E-state index in [-0.39, 0.29) is 17.2 Å². The number of nitrogens with one attached hydrogen (secondary N) is 1. The van der Waals surface area contributed by atoms with E-state index in [0.29, 0.717) is 27.6 Å². The van der Waals surface area contributed by atoms with Gasteiger partial charge in [0.1, 0.15) is 6.20 Å². The van der Waals surface area contributed by atoms with Crippen molar-refractivity contribution >= 4 is 56.5 Å². The average molecular weight is 488 g/mol. The summed E-state index contributed by atoms with van der Waals surface area (Å²) < 4.78 is 3.34. The third kappa shape index (κ3) is 4.18. The van der Waals surface area contributed by atoms with Crippen LogP contribution in [0.15, 0.2) is 35.1 Å². The number of aryl methyl sites for hydroxylation is 1. The molecule has 0 aliphatic heterocycles. The van der Waals surface area contributed by atoms with Crippen LogP contribution in [0.1, 0.15) is 23.0 Å². The first kappa shape index (κ1) is 20.3. The molecule has 0 radical (unpaired) electrons. The van der Waals surface area contributed by atoms with Gasteiger partial charge in [-0.05, 0) is 40.5 Å². The lowest BCUT2D eigenvalue weighted by Gasteiger charge is -2.06. The first-order chi connectivity index (χ1) is 13.3. The van der Waals surface area contributed by atoms with E-state index in [0.717, 1.165) is 11.8 Å². The van der Waals surface area contributed by atoms with E-state index in [1.54, 1.807) is 36.0 Å². The SMILES string of the molecule is CCn1ncc([N+](=O)[O-])c1C(=O)Nc1nn(Cc2ccc(Cl)cc2Cl)cc1Br. The van der Waals surface area contributed by atoms with Gasteiger partial charge in [0.2, 0.25) is 5.69 Å². The van der Waals surface area contributed by atoms with Crippen LogP contribution >= 0.6 is 39.1 Å². The summed E-state index contributed by atoms with van der Waals surface area (Å²) in [5, 5.41) is 22.9. The summed E-state index contributed by atoms with van der Waals surface area (Å²) in [5.74, 6) is -0.463. The maximum Gasteiger partial charge on any atom is 0.320 e. The molecular formula is C16H13BrCl2N6O3. The smallest absolute Gasteiger partial charge is 0.303 e. The summed E-state index contributed by atoms with van der Waals surface area (Å²) in [6, 6.07) is 5.13. The number of benzene rings is 1. The Labute approximate surface area is 177 Å². The van der Waals surface area contributed by atoms with E-state index < -0.39 is 10.8 Å². The van der Waals surface area contributed by atoms with Crippen LogP contribution in [0.4, 0.5) is 11.5 Å². The van der Waals surface area contributed by atoms with Crippen molar-refractivity contribution in [2.24, 2.45) is 0 Å². The molecule has 1 N–H and O–H groups in total. The van der Waals surface area contributed by atoms with Crippen molar-refractivity contribution in [2.45, 2.75) is 20.0 Å². The van der Waals surface area contributed by atoms with Gasteiger partial charge in [-0.15, -0.1) is 0 Å². The third-order valence-electron chi connectivity index (χ3n) is 3.83. The van der Waals surface area contributed by atoms with Gasteiger partial charge >= 0.3 is 5.69 Å². The first-order valence-corrected chi connectivity index (χ1v) is 9.53. The largest absolute Gasteiger partial charge is 0.320 e. The van der Waals surface area contributed by atoms with Crippen LogP contribution in [0, 0.1) is 10.1 Å². The summed E-state index contributed by atoms with van der Waals surface area (Å²) in [6.45, 7) is 2.38. The van der Waals surface area contributed by atoms with Crippen LogP contribution in [0.3, 0.4) is 0 Å². The summed E-state index contributed by atoms with van der Waals surface area (Å²) >= 11 is 15.4. The molecule has 1 amide bonds. The maximum absolute atomic E-state index is 12.6. The molecule has 0 aliphatic carbocycles. The van der Waals surface area contributed by atoms with Gasteiger partial charge in [0.25, 0.3) is 5.91 Å². The third-order valence-corrected chi connectivity index (χ3v) is 5.00. The van der Waals surface area contributed by atoms with E-state index in [1.165, 1.54) is 4.68 Å². The summed E-state index contributed by atoms with van der Waals surface area (Å²) in [5.41, 5.74) is 0.274. The molecule has 0 fully saturated rings. The van der Waals surface area contributed by atoms with Crippen LogP contribution in [0.25, 0.3) is 0 Å². The second-order valence-corrected chi connectivity index (χ2v) is 7.36. The zero-order chi connectivity index (χ0) is 20.4. The molecule has 28 heavy (non-hydrogen) atoms. The number of halogens is 3. The molecule has 0 atom stereocenters. The number of hydrogen-bond acceptors (Lipinski definition) is 5. The lowest BCUT2D eigenvalue weighted by Crippen LogP contribution is -2.19. The number of amides is 1. The number of anilines is 1. The van der Waals surface area contributed by atoms with Crippen LogP contribution in [0.2, 0.25) is 10.0 Å². The predicted octanol–water partition coefficient (Wildman–Crippen LogP) is 4.38. The fourth-order valence-corrected chi connectivity index (χ4v) is 3.42. The predicted molar refractivity (Wildman–Crippen MR) is 108 cm³/mol. The van der Waals surface area contributed by atoms with Gasteiger partial charge in [-0.1, -0.05) is 29.3 Å². The van der Waals surface area contributed by atoms with Crippen molar-refractivity contribution in [3.05, 3.63) is 66.5 Å². The fourth-order valence-electron chi connectivity index (χ4n) is 2.54. The van der Waals surface area contributed by atoms with Gasteiger partial charge in [-0.2, -0.15) is 10.2 Å². The molecule has 12 heteroatoms. The van der Waals surface area contributed by atoms with Crippen LogP contribution in [0.5, 0.6) is 0 Å². The Hall–Kier alpha value is -2.43. The molecule has 0 spiro atoms. The lowest BCUT2D eigenvalue weighted by molar-refractivity contribution is -0.385. The molecule has 1 aromatic carbocycles. The van der Waals surface area contributed by atoms with Crippen LogP contribution < -0.4 is 5.32 Å². The zero-order valence-electron chi connectivity index (χ0n) is 14.4. The number of nitrogens with zero attached hydrogens (tertiary/aromatic N) is 5. The fraction of sp³-hybridized carbons (Fsp3) is 0.188. The molecular weight excluding hydrogens is 475 g/mol. The van der Waals surface area contributed by atoms with E-state index in [1.807, 2.05) is 0 Å².